The van der Waals surface area contributed by atoms with Crippen LogP contribution in [-0.4, -0.2) is 20.2 Å². The summed E-state index contributed by atoms with van der Waals surface area (Å²) in [4.78, 5) is 8.44. The summed E-state index contributed by atoms with van der Waals surface area (Å²) >= 11 is 0. The van der Waals surface area contributed by atoms with Crippen LogP contribution >= 0.6 is 0 Å². The highest BCUT2D eigenvalue weighted by molar-refractivity contribution is 5.50. The molecule has 1 unspecified atom stereocenters. The Morgan fingerprint density at radius 3 is 2.24 bits per heavy atom. The topological polar surface area (TPSA) is 76.7 Å². The first-order chi connectivity index (χ1) is 12.0. The third kappa shape index (κ3) is 3.96. The zero-order valence-corrected chi connectivity index (χ0v) is 13.7. The second-order valence-electron chi connectivity index (χ2n) is 5.82. The minimum atomic E-state index is -2.80. The average molecular weight is 345 g/mol. The van der Waals surface area contributed by atoms with Crippen molar-refractivity contribution in [2.75, 3.05) is 5.32 Å². The number of rotatable bonds is 6. The van der Waals surface area contributed by atoms with Crippen LogP contribution in [0.4, 0.5) is 14.7 Å². The van der Waals surface area contributed by atoms with E-state index in [9.17, 15) is 8.78 Å². The molecule has 0 saturated carbocycles. The minimum Gasteiger partial charge on any atom is -0.415 e. The molecule has 0 saturated heterocycles. The predicted octanol–water partition coefficient (Wildman–Crippen LogP) is 4.27. The quantitative estimate of drug-likeness (QED) is 0.719. The number of alkyl halides is 2. The highest BCUT2D eigenvalue weighted by Gasteiger charge is 2.19. The molecule has 0 amide bonds. The van der Waals surface area contributed by atoms with Crippen molar-refractivity contribution in [2.45, 2.75) is 26.3 Å². The lowest BCUT2D eigenvalue weighted by Crippen LogP contribution is -2.18. The van der Waals surface area contributed by atoms with E-state index in [1.165, 1.54) is 12.4 Å². The molecule has 0 spiro atoms. The summed E-state index contributed by atoms with van der Waals surface area (Å²) in [5, 5.41) is 10.2. The van der Waals surface area contributed by atoms with Crippen LogP contribution < -0.4 is 5.32 Å². The van der Waals surface area contributed by atoms with Crippen LogP contribution in [0.25, 0.3) is 11.5 Å². The van der Waals surface area contributed by atoms with Crippen molar-refractivity contribution in [1.82, 2.24) is 20.2 Å². The third-order valence-electron chi connectivity index (χ3n) is 3.64. The summed E-state index contributed by atoms with van der Waals surface area (Å²) in [6.45, 7) is 4.20. The monoisotopic (exact) mass is 345 g/mol. The highest BCUT2D eigenvalue weighted by Crippen LogP contribution is 2.26. The SMILES string of the molecule is CC(C)C(Nc1ncc(-c2nnc(C(F)F)o2)cn1)c1ccccc1. The number of anilines is 1. The van der Waals surface area contributed by atoms with Gasteiger partial charge in [0.2, 0.25) is 5.95 Å². The Bertz CT molecular complexity index is 805. The molecule has 0 aliphatic rings. The Morgan fingerprint density at radius 2 is 1.68 bits per heavy atom. The van der Waals surface area contributed by atoms with Crippen molar-refractivity contribution >= 4 is 5.95 Å². The maximum Gasteiger partial charge on any atom is 0.314 e. The maximum absolute atomic E-state index is 12.5. The van der Waals surface area contributed by atoms with Crippen LogP contribution in [0.5, 0.6) is 0 Å². The number of hydrogen-bond acceptors (Lipinski definition) is 6. The Kier molecular flexibility index (Phi) is 4.97. The fourth-order valence-electron chi connectivity index (χ4n) is 2.39. The van der Waals surface area contributed by atoms with Crippen molar-refractivity contribution in [2.24, 2.45) is 5.92 Å². The zero-order chi connectivity index (χ0) is 17.8. The van der Waals surface area contributed by atoms with E-state index in [2.05, 4.69) is 39.3 Å². The molecule has 3 aromatic rings. The van der Waals surface area contributed by atoms with Crippen molar-refractivity contribution in [3.05, 3.63) is 54.2 Å². The van der Waals surface area contributed by atoms with Crippen molar-refractivity contribution in [3.8, 4) is 11.5 Å². The lowest BCUT2D eigenvalue weighted by Gasteiger charge is -2.22. The molecule has 2 aromatic heterocycles. The van der Waals surface area contributed by atoms with Gasteiger partial charge in [-0.05, 0) is 11.5 Å². The van der Waals surface area contributed by atoms with Crippen LogP contribution in [-0.2, 0) is 0 Å². The van der Waals surface area contributed by atoms with Crippen LogP contribution in [0.1, 0.15) is 37.8 Å². The minimum absolute atomic E-state index is 0.0367. The van der Waals surface area contributed by atoms with Gasteiger partial charge in [-0.25, -0.2) is 9.97 Å². The fourth-order valence-corrected chi connectivity index (χ4v) is 2.39. The first-order valence-electron chi connectivity index (χ1n) is 7.80. The van der Waals surface area contributed by atoms with Crippen molar-refractivity contribution < 1.29 is 13.2 Å². The van der Waals surface area contributed by atoms with Gasteiger partial charge < -0.3 is 9.73 Å². The molecule has 0 radical (unpaired) electrons. The summed E-state index contributed by atoms with van der Waals surface area (Å²) in [6.07, 6.45) is 0.113. The van der Waals surface area contributed by atoms with E-state index < -0.39 is 12.3 Å². The lowest BCUT2D eigenvalue weighted by molar-refractivity contribution is 0.116. The molecule has 2 heterocycles. The maximum atomic E-state index is 12.5. The number of nitrogens with zero attached hydrogens (tertiary/aromatic N) is 4. The fraction of sp³-hybridized carbons (Fsp3) is 0.294. The van der Waals surface area contributed by atoms with E-state index >= 15 is 0 Å². The third-order valence-corrected chi connectivity index (χ3v) is 3.64. The van der Waals surface area contributed by atoms with Gasteiger partial charge in [-0.2, -0.15) is 8.78 Å². The number of aromatic nitrogens is 4. The smallest absolute Gasteiger partial charge is 0.314 e. The molecule has 8 heteroatoms. The van der Waals surface area contributed by atoms with Gasteiger partial charge in [0.1, 0.15) is 0 Å². The Hall–Kier alpha value is -2.90. The van der Waals surface area contributed by atoms with E-state index in [-0.39, 0.29) is 11.9 Å². The first-order valence-corrected chi connectivity index (χ1v) is 7.80. The predicted molar refractivity (Wildman–Crippen MR) is 87.9 cm³/mol. The molecule has 25 heavy (non-hydrogen) atoms. The van der Waals surface area contributed by atoms with Gasteiger partial charge in [0.25, 0.3) is 11.8 Å². The highest BCUT2D eigenvalue weighted by atomic mass is 19.3. The van der Waals surface area contributed by atoms with Gasteiger partial charge in [-0.3, -0.25) is 0 Å². The molecular formula is C17H17F2N5O. The molecule has 0 fully saturated rings. The van der Waals surface area contributed by atoms with E-state index in [1.54, 1.807) is 0 Å². The van der Waals surface area contributed by atoms with Crippen molar-refractivity contribution in [1.29, 1.82) is 0 Å². The van der Waals surface area contributed by atoms with Crippen LogP contribution in [0.2, 0.25) is 0 Å². The summed E-state index contributed by atoms with van der Waals surface area (Å²) in [5.41, 5.74) is 1.51. The Labute approximate surface area is 143 Å². The molecule has 0 aliphatic carbocycles. The average Bonchev–Trinajstić information content (AvgIpc) is 3.11. The van der Waals surface area contributed by atoms with Crippen molar-refractivity contribution in [3.63, 3.8) is 0 Å². The van der Waals surface area contributed by atoms with E-state index in [0.29, 0.717) is 17.4 Å². The standard InChI is InChI=1S/C17H17F2N5O/c1-10(2)13(11-6-4-3-5-7-11)22-17-20-8-12(9-21-17)15-23-24-16(25-15)14(18)19/h3-10,13-14H,1-2H3,(H,20,21,22). The van der Waals surface area contributed by atoms with Crippen LogP contribution in [0.15, 0.2) is 47.1 Å². The number of benzene rings is 1. The van der Waals surface area contributed by atoms with Gasteiger partial charge in [-0.1, -0.05) is 44.2 Å². The Morgan fingerprint density at radius 1 is 1.00 bits per heavy atom. The van der Waals surface area contributed by atoms with E-state index in [4.69, 9.17) is 4.42 Å². The normalized spacial score (nSPS) is 12.6. The zero-order valence-electron chi connectivity index (χ0n) is 13.7. The van der Waals surface area contributed by atoms with Gasteiger partial charge >= 0.3 is 6.43 Å². The molecule has 0 aliphatic heterocycles. The molecule has 6 nitrogen and oxygen atoms in total. The molecule has 1 aromatic carbocycles. The number of hydrogen-bond donors (Lipinski definition) is 1. The lowest BCUT2D eigenvalue weighted by atomic mass is 9.96. The molecular weight excluding hydrogens is 328 g/mol. The van der Waals surface area contributed by atoms with Gasteiger partial charge in [-0.15, -0.1) is 10.2 Å². The first kappa shape index (κ1) is 16.9. The number of halogens is 2. The molecule has 130 valence electrons. The van der Waals surface area contributed by atoms with Gasteiger partial charge in [0.15, 0.2) is 0 Å². The van der Waals surface area contributed by atoms with Gasteiger partial charge in [0, 0.05) is 12.4 Å². The molecule has 1 atom stereocenters. The molecule has 0 bridgehead atoms. The summed E-state index contributed by atoms with van der Waals surface area (Å²) in [5.74, 6) is -0.0124. The number of nitrogens with one attached hydrogen (secondary N) is 1. The largest absolute Gasteiger partial charge is 0.415 e. The summed E-state index contributed by atoms with van der Waals surface area (Å²) in [7, 11) is 0. The second-order valence-corrected chi connectivity index (χ2v) is 5.82. The van der Waals surface area contributed by atoms with Crippen LogP contribution in [0, 0.1) is 5.92 Å². The second kappa shape index (κ2) is 7.33. The molecule has 3 rings (SSSR count). The Balaban J connectivity index is 1.77. The summed E-state index contributed by atoms with van der Waals surface area (Å²) < 4.78 is 29.9. The van der Waals surface area contributed by atoms with Gasteiger partial charge in [0.05, 0.1) is 11.6 Å². The molecule has 1 N–H and O–H groups in total. The summed E-state index contributed by atoms with van der Waals surface area (Å²) in [6, 6.07) is 10.0. The van der Waals surface area contributed by atoms with E-state index in [0.717, 1.165) is 5.56 Å². The van der Waals surface area contributed by atoms with E-state index in [1.807, 2.05) is 30.3 Å². The van der Waals surface area contributed by atoms with Crippen LogP contribution in [0.3, 0.4) is 0 Å².